The molecule has 3 amide bonds. The zero-order valence-corrected chi connectivity index (χ0v) is 17.5. The van der Waals surface area contributed by atoms with Crippen LogP contribution in [-0.4, -0.2) is 36.0 Å². The largest absolute Gasteiger partial charge is 0.336 e. The van der Waals surface area contributed by atoms with Crippen molar-refractivity contribution >= 4 is 17.6 Å². The maximum Gasteiger partial charge on any atom is 0.319 e. The molecule has 0 bridgehead atoms. The monoisotopic (exact) mass is 413 g/mol. The van der Waals surface area contributed by atoms with Crippen LogP contribution in [-0.2, 0) is 0 Å². The predicted molar refractivity (Wildman–Crippen MR) is 124 cm³/mol. The molecule has 0 saturated carbocycles. The van der Waals surface area contributed by atoms with Crippen LogP contribution in [0.2, 0.25) is 0 Å². The molecule has 1 saturated heterocycles. The van der Waals surface area contributed by atoms with Gasteiger partial charge in [0, 0.05) is 30.4 Å². The number of urea groups is 1. The van der Waals surface area contributed by atoms with Gasteiger partial charge in [-0.25, -0.2) is 4.79 Å². The molecule has 5 nitrogen and oxygen atoms in total. The van der Waals surface area contributed by atoms with Crippen LogP contribution >= 0.6 is 0 Å². The molecular formula is C26H27N3O2. The number of hydrogen-bond donors (Lipinski definition) is 2. The normalized spacial score (nSPS) is 15.9. The van der Waals surface area contributed by atoms with E-state index in [9.17, 15) is 9.59 Å². The Morgan fingerprint density at radius 2 is 1.52 bits per heavy atom. The summed E-state index contributed by atoms with van der Waals surface area (Å²) < 4.78 is 0. The third-order valence-electron chi connectivity index (χ3n) is 5.66. The van der Waals surface area contributed by atoms with Crippen molar-refractivity contribution in [3.8, 4) is 11.1 Å². The van der Waals surface area contributed by atoms with Crippen molar-refractivity contribution < 1.29 is 9.59 Å². The summed E-state index contributed by atoms with van der Waals surface area (Å²) in [6, 6.07) is 26.8. The summed E-state index contributed by atoms with van der Waals surface area (Å²) in [6.45, 7) is 1.13. The van der Waals surface area contributed by atoms with Gasteiger partial charge >= 0.3 is 6.03 Å². The van der Waals surface area contributed by atoms with Crippen LogP contribution in [0.25, 0.3) is 11.1 Å². The Balaban J connectivity index is 1.47. The quantitative estimate of drug-likeness (QED) is 0.606. The van der Waals surface area contributed by atoms with Gasteiger partial charge in [0.15, 0.2) is 0 Å². The van der Waals surface area contributed by atoms with Gasteiger partial charge in [0.25, 0.3) is 5.91 Å². The Hall–Kier alpha value is -3.60. The minimum absolute atomic E-state index is 0.0217. The maximum absolute atomic E-state index is 13.5. The second-order valence-electron chi connectivity index (χ2n) is 7.76. The van der Waals surface area contributed by atoms with Crippen molar-refractivity contribution in [3.63, 3.8) is 0 Å². The number of likely N-dealkylation sites (tertiary alicyclic amines) is 1. The Kier molecular flexibility index (Phi) is 6.62. The van der Waals surface area contributed by atoms with E-state index in [1.165, 1.54) is 0 Å². The minimum Gasteiger partial charge on any atom is -0.336 e. The van der Waals surface area contributed by atoms with Crippen LogP contribution in [0.5, 0.6) is 0 Å². The molecule has 1 atom stereocenters. The Labute approximate surface area is 183 Å². The highest BCUT2D eigenvalue weighted by Crippen LogP contribution is 2.27. The molecule has 0 aliphatic carbocycles. The SMILES string of the molecule is O=C(NC[C@@H]1CCCCN1C(=O)c1ccccc1-c1ccccc1)Nc1ccccc1. The van der Waals surface area contributed by atoms with Crippen molar-refractivity contribution in [1.82, 2.24) is 10.2 Å². The average molecular weight is 414 g/mol. The highest BCUT2D eigenvalue weighted by Gasteiger charge is 2.29. The Morgan fingerprint density at radius 3 is 2.29 bits per heavy atom. The first-order valence-electron chi connectivity index (χ1n) is 10.8. The lowest BCUT2D eigenvalue weighted by molar-refractivity contribution is 0.0616. The molecule has 1 heterocycles. The van der Waals surface area contributed by atoms with Gasteiger partial charge in [-0.3, -0.25) is 4.79 Å². The summed E-state index contributed by atoms with van der Waals surface area (Å²) in [5.74, 6) is 0.0226. The molecule has 5 heteroatoms. The molecule has 0 radical (unpaired) electrons. The van der Waals surface area contributed by atoms with E-state index in [1.807, 2.05) is 89.8 Å². The van der Waals surface area contributed by atoms with Crippen LogP contribution in [0.3, 0.4) is 0 Å². The van der Waals surface area contributed by atoms with Crippen molar-refractivity contribution in [2.24, 2.45) is 0 Å². The topological polar surface area (TPSA) is 61.4 Å². The average Bonchev–Trinajstić information content (AvgIpc) is 2.84. The molecule has 158 valence electrons. The number of nitrogens with one attached hydrogen (secondary N) is 2. The van der Waals surface area contributed by atoms with E-state index in [1.54, 1.807) is 0 Å². The third-order valence-corrected chi connectivity index (χ3v) is 5.66. The van der Waals surface area contributed by atoms with Crippen LogP contribution in [0.15, 0.2) is 84.9 Å². The fraction of sp³-hybridized carbons (Fsp3) is 0.231. The summed E-state index contributed by atoms with van der Waals surface area (Å²) in [6.07, 6.45) is 2.91. The second-order valence-corrected chi connectivity index (χ2v) is 7.76. The zero-order chi connectivity index (χ0) is 21.5. The van der Waals surface area contributed by atoms with Crippen molar-refractivity contribution in [1.29, 1.82) is 0 Å². The summed E-state index contributed by atoms with van der Waals surface area (Å²) in [7, 11) is 0. The number of nitrogens with zero attached hydrogens (tertiary/aromatic N) is 1. The summed E-state index contributed by atoms with van der Waals surface area (Å²) in [5, 5.41) is 5.77. The number of benzene rings is 3. The lowest BCUT2D eigenvalue weighted by atomic mass is 9.96. The third kappa shape index (κ3) is 5.12. The van der Waals surface area contributed by atoms with Crippen molar-refractivity contribution in [2.75, 3.05) is 18.4 Å². The Morgan fingerprint density at radius 1 is 0.839 bits per heavy atom. The second kappa shape index (κ2) is 9.94. The van der Waals surface area contributed by atoms with E-state index < -0.39 is 0 Å². The molecule has 31 heavy (non-hydrogen) atoms. The maximum atomic E-state index is 13.5. The van der Waals surface area contributed by atoms with Crippen LogP contribution < -0.4 is 10.6 Å². The highest BCUT2D eigenvalue weighted by molar-refractivity contribution is 6.01. The number of para-hydroxylation sites is 1. The van der Waals surface area contributed by atoms with Crippen LogP contribution in [0, 0.1) is 0 Å². The number of hydrogen-bond acceptors (Lipinski definition) is 2. The first-order valence-corrected chi connectivity index (χ1v) is 10.8. The molecule has 3 aromatic rings. The van der Waals surface area contributed by atoms with Gasteiger partial charge in [0.1, 0.15) is 0 Å². The van der Waals surface area contributed by atoms with Gasteiger partial charge in [-0.05, 0) is 48.6 Å². The number of piperidine rings is 1. The molecule has 2 N–H and O–H groups in total. The van der Waals surface area contributed by atoms with Gasteiger partial charge < -0.3 is 15.5 Å². The van der Waals surface area contributed by atoms with Crippen molar-refractivity contribution in [2.45, 2.75) is 25.3 Å². The van der Waals surface area contributed by atoms with E-state index in [2.05, 4.69) is 10.6 Å². The molecule has 1 aliphatic heterocycles. The number of rotatable bonds is 5. The lowest BCUT2D eigenvalue weighted by Crippen LogP contribution is -2.50. The van der Waals surface area contributed by atoms with E-state index in [0.29, 0.717) is 18.7 Å². The van der Waals surface area contributed by atoms with E-state index in [4.69, 9.17) is 0 Å². The Bertz CT molecular complexity index is 1020. The van der Waals surface area contributed by atoms with Crippen LogP contribution in [0.4, 0.5) is 10.5 Å². The molecule has 4 rings (SSSR count). The predicted octanol–water partition coefficient (Wildman–Crippen LogP) is 5.17. The number of carbonyl (C=O) groups is 2. The molecular weight excluding hydrogens is 386 g/mol. The van der Waals surface area contributed by atoms with Crippen molar-refractivity contribution in [3.05, 3.63) is 90.5 Å². The number of anilines is 1. The van der Waals surface area contributed by atoms with E-state index in [-0.39, 0.29) is 18.0 Å². The lowest BCUT2D eigenvalue weighted by Gasteiger charge is -2.36. The van der Waals surface area contributed by atoms with Gasteiger partial charge in [-0.15, -0.1) is 0 Å². The molecule has 0 aromatic heterocycles. The van der Waals surface area contributed by atoms with Crippen LogP contribution in [0.1, 0.15) is 29.6 Å². The standard InChI is InChI=1S/C26H27N3O2/c30-25(24-17-8-7-16-23(24)20-11-3-1-4-12-20)29-18-10-9-15-22(29)19-27-26(31)28-21-13-5-2-6-14-21/h1-8,11-14,16-17,22H,9-10,15,18-19H2,(H2,27,28,31)/t22-/m0/s1. The zero-order valence-electron chi connectivity index (χ0n) is 17.5. The molecule has 0 unspecified atom stereocenters. The highest BCUT2D eigenvalue weighted by atomic mass is 16.2. The first kappa shape index (κ1) is 20.7. The molecule has 1 aliphatic rings. The summed E-state index contributed by atoms with van der Waals surface area (Å²) in [4.78, 5) is 27.8. The number of amides is 3. The first-order chi connectivity index (χ1) is 15.2. The smallest absolute Gasteiger partial charge is 0.319 e. The molecule has 1 fully saturated rings. The fourth-order valence-electron chi connectivity index (χ4n) is 4.08. The minimum atomic E-state index is -0.256. The number of carbonyl (C=O) groups excluding carboxylic acids is 2. The van der Waals surface area contributed by atoms with Gasteiger partial charge in [-0.1, -0.05) is 66.7 Å². The van der Waals surface area contributed by atoms with Gasteiger partial charge in [0.2, 0.25) is 0 Å². The van der Waals surface area contributed by atoms with Gasteiger partial charge in [-0.2, -0.15) is 0 Å². The fourth-order valence-corrected chi connectivity index (χ4v) is 4.08. The van der Waals surface area contributed by atoms with E-state index >= 15 is 0 Å². The molecule has 0 spiro atoms. The van der Waals surface area contributed by atoms with E-state index in [0.717, 1.165) is 36.1 Å². The summed E-state index contributed by atoms with van der Waals surface area (Å²) >= 11 is 0. The molecule has 3 aromatic carbocycles. The summed E-state index contributed by atoms with van der Waals surface area (Å²) in [5.41, 5.74) is 3.41. The van der Waals surface area contributed by atoms with Gasteiger partial charge in [0.05, 0.1) is 0 Å².